The van der Waals surface area contributed by atoms with Gasteiger partial charge in [-0.3, -0.25) is 11.3 Å². The van der Waals surface area contributed by atoms with Gasteiger partial charge in [-0.1, -0.05) is 13.8 Å². The number of nitrogens with two attached hydrogens (primary N) is 1. The van der Waals surface area contributed by atoms with Gasteiger partial charge in [0.1, 0.15) is 0 Å². The Morgan fingerprint density at radius 3 is 2.79 bits per heavy atom. The molecule has 4 atom stereocenters. The Morgan fingerprint density at radius 2 is 2.29 bits per heavy atom. The van der Waals surface area contributed by atoms with Crippen LogP contribution in [0.25, 0.3) is 0 Å². The van der Waals surface area contributed by atoms with Crippen molar-refractivity contribution >= 4 is 23.5 Å². The maximum Gasteiger partial charge on any atom is 0.0446 e. The first-order chi connectivity index (χ1) is 6.69. The van der Waals surface area contributed by atoms with Crippen molar-refractivity contribution in [1.82, 2.24) is 5.43 Å². The first-order valence-corrected chi connectivity index (χ1v) is 6.84. The molecule has 0 aromatic heterocycles. The predicted molar refractivity (Wildman–Crippen MR) is 67.3 cm³/mol. The Labute approximate surface area is 95.1 Å². The SMILES string of the molecule is C#CCC(NN)C1CSC(C)C(C)S1. The number of hydrogen-bond acceptors (Lipinski definition) is 4. The molecule has 1 aliphatic heterocycles. The Balaban J connectivity index is 2.48. The Morgan fingerprint density at radius 1 is 1.57 bits per heavy atom. The molecule has 0 bridgehead atoms. The summed E-state index contributed by atoms with van der Waals surface area (Å²) >= 11 is 4.03. The number of hydrazine groups is 1. The molecule has 14 heavy (non-hydrogen) atoms. The topological polar surface area (TPSA) is 38.0 Å². The summed E-state index contributed by atoms with van der Waals surface area (Å²) in [7, 11) is 0. The van der Waals surface area contributed by atoms with Gasteiger partial charge < -0.3 is 0 Å². The van der Waals surface area contributed by atoms with E-state index in [1.165, 1.54) is 0 Å². The standard InChI is InChI=1S/C10H18N2S2/c1-4-5-9(12-11)10-6-13-7(2)8(3)14-10/h1,7-10,12H,5-6,11H2,2-3H3. The molecule has 0 spiro atoms. The summed E-state index contributed by atoms with van der Waals surface area (Å²) in [5.41, 5.74) is 2.83. The van der Waals surface area contributed by atoms with Crippen molar-refractivity contribution in [1.29, 1.82) is 0 Å². The van der Waals surface area contributed by atoms with Gasteiger partial charge in [-0.15, -0.1) is 12.3 Å². The average molecular weight is 230 g/mol. The third-order valence-electron chi connectivity index (χ3n) is 2.57. The van der Waals surface area contributed by atoms with E-state index in [4.69, 9.17) is 12.3 Å². The summed E-state index contributed by atoms with van der Waals surface area (Å²) in [6.45, 7) is 4.56. The largest absolute Gasteiger partial charge is 0.271 e. The van der Waals surface area contributed by atoms with Crippen molar-refractivity contribution < 1.29 is 0 Å². The minimum atomic E-state index is 0.257. The molecule has 1 saturated heterocycles. The minimum Gasteiger partial charge on any atom is -0.271 e. The van der Waals surface area contributed by atoms with Crippen LogP contribution in [0.4, 0.5) is 0 Å². The number of hydrogen-bond donors (Lipinski definition) is 2. The van der Waals surface area contributed by atoms with Crippen molar-refractivity contribution in [2.75, 3.05) is 5.75 Å². The van der Waals surface area contributed by atoms with Gasteiger partial charge in [0.25, 0.3) is 0 Å². The summed E-state index contributed by atoms with van der Waals surface area (Å²) in [6.07, 6.45) is 6.03. The van der Waals surface area contributed by atoms with Crippen LogP contribution in [0.15, 0.2) is 0 Å². The molecule has 1 heterocycles. The molecule has 80 valence electrons. The number of terminal acetylenes is 1. The van der Waals surface area contributed by atoms with E-state index in [2.05, 4.69) is 25.2 Å². The van der Waals surface area contributed by atoms with E-state index in [0.29, 0.717) is 10.5 Å². The molecule has 4 heteroatoms. The van der Waals surface area contributed by atoms with E-state index in [-0.39, 0.29) is 6.04 Å². The van der Waals surface area contributed by atoms with Gasteiger partial charge in [0.05, 0.1) is 0 Å². The van der Waals surface area contributed by atoms with E-state index < -0.39 is 0 Å². The van der Waals surface area contributed by atoms with Crippen LogP contribution in [0.1, 0.15) is 20.3 Å². The van der Waals surface area contributed by atoms with Crippen LogP contribution in [0.2, 0.25) is 0 Å². The number of rotatable bonds is 3. The van der Waals surface area contributed by atoms with Gasteiger partial charge in [0.2, 0.25) is 0 Å². The summed E-state index contributed by atoms with van der Waals surface area (Å²) in [5.74, 6) is 9.32. The smallest absolute Gasteiger partial charge is 0.0446 e. The highest BCUT2D eigenvalue weighted by molar-refractivity contribution is 8.07. The van der Waals surface area contributed by atoms with Gasteiger partial charge in [-0.05, 0) is 0 Å². The molecular formula is C10H18N2S2. The molecule has 0 saturated carbocycles. The lowest BCUT2D eigenvalue weighted by Crippen LogP contribution is -2.46. The van der Waals surface area contributed by atoms with Gasteiger partial charge in [0, 0.05) is 34.0 Å². The predicted octanol–water partition coefficient (Wildman–Crippen LogP) is 1.47. The zero-order valence-electron chi connectivity index (χ0n) is 8.69. The van der Waals surface area contributed by atoms with Crippen LogP contribution in [-0.4, -0.2) is 27.5 Å². The van der Waals surface area contributed by atoms with E-state index in [1.54, 1.807) is 0 Å². The Hall–Kier alpha value is 0.180. The van der Waals surface area contributed by atoms with Crippen molar-refractivity contribution in [2.24, 2.45) is 5.84 Å². The van der Waals surface area contributed by atoms with E-state index >= 15 is 0 Å². The van der Waals surface area contributed by atoms with Crippen molar-refractivity contribution in [3.05, 3.63) is 0 Å². The molecule has 0 radical (unpaired) electrons. The van der Waals surface area contributed by atoms with Gasteiger partial charge >= 0.3 is 0 Å². The molecule has 3 N–H and O–H groups in total. The first kappa shape index (κ1) is 12.3. The maximum absolute atomic E-state index is 5.50. The van der Waals surface area contributed by atoms with Crippen LogP contribution in [0.3, 0.4) is 0 Å². The summed E-state index contributed by atoms with van der Waals surface area (Å²) in [6, 6.07) is 0.257. The molecule has 0 aromatic carbocycles. The molecular weight excluding hydrogens is 212 g/mol. The van der Waals surface area contributed by atoms with Crippen LogP contribution in [-0.2, 0) is 0 Å². The minimum absolute atomic E-state index is 0.257. The second-order valence-corrected chi connectivity index (χ2v) is 6.63. The fourth-order valence-corrected chi connectivity index (χ4v) is 4.56. The quantitative estimate of drug-likeness (QED) is 0.437. The van der Waals surface area contributed by atoms with Gasteiger partial charge in [0.15, 0.2) is 0 Å². The fraction of sp³-hybridized carbons (Fsp3) is 0.800. The van der Waals surface area contributed by atoms with E-state index in [0.717, 1.165) is 17.4 Å². The molecule has 1 aliphatic rings. The summed E-state index contributed by atoms with van der Waals surface area (Å²) in [5, 5.41) is 1.97. The summed E-state index contributed by atoms with van der Waals surface area (Å²) < 4.78 is 0. The van der Waals surface area contributed by atoms with Crippen LogP contribution >= 0.6 is 23.5 Å². The molecule has 1 fully saturated rings. The number of nitrogens with one attached hydrogen (secondary N) is 1. The fourth-order valence-electron chi connectivity index (χ4n) is 1.44. The lowest BCUT2D eigenvalue weighted by atomic mass is 10.1. The zero-order chi connectivity index (χ0) is 10.6. The van der Waals surface area contributed by atoms with Crippen LogP contribution in [0.5, 0.6) is 0 Å². The van der Waals surface area contributed by atoms with Gasteiger partial charge in [-0.25, -0.2) is 0 Å². The van der Waals surface area contributed by atoms with E-state index in [1.807, 2.05) is 23.5 Å². The third-order valence-corrected chi connectivity index (χ3v) is 6.13. The average Bonchev–Trinajstić information content (AvgIpc) is 2.19. The third kappa shape index (κ3) is 3.09. The highest BCUT2D eigenvalue weighted by Crippen LogP contribution is 2.37. The molecule has 4 unspecified atom stereocenters. The Kier molecular flexibility index (Phi) is 5.18. The van der Waals surface area contributed by atoms with Crippen LogP contribution < -0.4 is 11.3 Å². The molecule has 0 aliphatic carbocycles. The molecule has 1 rings (SSSR count). The van der Waals surface area contributed by atoms with Crippen molar-refractivity contribution in [2.45, 2.75) is 42.1 Å². The first-order valence-electron chi connectivity index (χ1n) is 4.85. The monoisotopic (exact) mass is 230 g/mol. The zero-order valence-corrected chi connectivity index (χ0v) is 10.3. The highest BCUT2D eigenvalue weighted by Gasteiger charge is 2.30. The van der Waals surface area contributed by atoms with Crippen LogP contribution in [0, 0.1) is 12.3 Å². The molecule has 0 amide bonds. The van der Waals surface area contributed by atoms with Crippen molar-refractivity contribution in [3.8, 4) is 12.3 Å². The lowest BCUT2D eigenvalue weighted by Gasteiger charge is -2.35. The lowest BCUT2D eigenvalue weighted by molar-refractivity contribution is 0.535. The van der Waals surface area contributed by atoms with Crippen molar-refractivity contribution in [3.63, 3.8) is 0 Å². The second-order valence-electron chi connectivity index (χ2n) is 3.60. The molecule has 0 aromatic rings. The second kappa shape index (κ2) is 5.92. The Bertz CT molecular complexity index is 215. The van der Waals surface area contributed by atoms with E-state index in [9.17, 15) is 0 Å². The summed E-state index contributed by atoms with van der Waals surface area (Å²) in [4.78, 5) is 0. The maximum atomic E-state index is 5.50. The number of thioether (sulfide) groups is 2. The molecule has 2 nitrogen and oxygen atoms in total. The highest BCUT2D eigenvalue weighted by atomic mass is 32.2. The normalized spacial score (nSPS) is 34.9. The van der Waals surface area contributed by atoms with Gasteiger partial charge in [-0.2, -0.15) is 23.5 Å².